The number of carbonyl (C=O) groups excluding carboxylic acids is 1. The quantitative estimate of drug-likeness (QED) is 0.830. The fourth-order valence-corrected chi connectivity index (χ4v) is 2.32. The van der Waals surface area contributed by atoms with Gasteiger partial charge in [0.1, 0.15) is 0 Å². The maximum atomic E-state index is 11.5. The van der Waals surface area contributed by atoms with Crippen molar-refractivity contribution in [2.45, 2.75) is 25.7 Å². The lowest BCUT2D eigenvalue weighted by atomic mass is 10.2. The zero-order valence-electron chi connectivity index (χ0n) is 10.5. The first-order valence-corrected chi connectivity index (χ1v) is 7.04. The van der Waals surface area contributed by atoms with Crippen LogP contribution in [-0.2, 0) is 4.79 Å². The Kier molecular flexibility index (Phi) is 4.88. The fraction of sp³-hybridized carbons (Fsp3) is 0.500. The van der Waals surface area contributed by atoms with E-state index in [1.54, 1.807) is 0 Å². The zero-order valence-corrected chi connectivity index (χ0v) is 11.2. The molecule has 1 saturated heterocycles. The van der Waals surface area contributed by atoms with E-state index in [9.17, 15) is 4.79 Å². The van der Waals surface area contributed by atoms with Gasteiger partial charge >= 0.3 is 0 Å². The van der Waals surface area contributed by atoms with E-state index in [-0.39, 0.29) is 5.91 Å². The molecule has 1 amide bonds. The molecule has 0 atom stereocenters. The van der Waals surface area contributed by atoms with Gasteiger partial charge in [-0.2, -0.15) is 0 Å². The Morgan fingerprint density at radius 1 is 1.22 bits per heavy atom. The van der Waals surface area contributed by atoms with E-state index in [0.29, 0.717) is 12.3 Å². The number of nitrogens with one attached hydrogen (secondary N) is 1. The van der Waals surface area contributed by atoms with Gasteiger partial charge in [0.05, 0.1) is 0 Å². The van der Waals surface area contributed by atoms with Crippen molar-refractivity contribution in [2.75, 3.05) is 29.2 Å². The van der Waals surface area contributed by atoms with Crippen molar-refractivity contribution in [1.82, 2.24) is 0 Å². The smallest absolute Gasteiger partial charge is 0.224 e. The van der Waals surface area contributed by atoms with E-state index in [1.165, 1.54) is 18.5 Å². The first-order valence-electron chi connectivity index (χ1n) is 6.50. The lowest BCUT2D eigenvalue weighted by molar-refractivity contribution is -0.116. The maximum Gasteiger partial charge on any atom is 0.224 e. The third-order valence-corrected chi connectivity index (χ3v) is 3.43. The average molecular weight is 267 g/mol. The summed E-state index contributed by atoms with van der Waals surface area (Å²) in [6, 6.07) is 8.07. The summed E-state index contributed by atoms with van der Waals surface area (Å²) >= 11 is 5.56. The van der Waals surface area contributed by atoms with Crippen molar-refractivity contribution in [3.05, 3.63) is 24.3 Å². The summed E-state index contributed by atoms with van der Waals surface area (Å²) in [6.07, 6.45) is 3.75. The van der Waals surface area contributed by atoms with Crippen LogP contribution < -0.4 is 10.2 Å². The Morgan fingerprint density at radius 3 is 2.50 bits per heavy atom. The Morgan fingerprint density at radius 2 is 1.89 bits per heavy atom. The normalized spacial score (nSPS) is 14.8. The molecule has 0 radical (unpaired) electrons. The predicted molar refractivity (Wildman–Crippen MR) is 76.5 cm³/mol. The molecule has 1 aliphatic rings. The summed E-state index contributed by atoms with van der Waals surface area (Å²) in [6.45, 7) is 2.28. The molecule has 1 fully saturated rings. The summed E-state index contributed by atoms with van der Waals surface area (Å²) in [4.78, 5) is 13.9. The zero-order chi connectivity index (χ0) is 12.8. The van der Waals surface area contributed by atoms with Gasteiger partial charge in [-0.1, -0.05) is 0 Å². The van der Waals surface area contributed by atoms with Crippen molar-refractivity contribution in [2.24, 2.45) is 0 Å². The Labute approximate surface area is 113 Å². The Hall–Kier alpha value is -1.22. The Balaban J connectivity index is 1.88. The highest BCUT2D eigenvalue weighted by atomic mass is 35.5. The molecule has 1 N–H and O–H groups in total. The fourth-order valence-electron chi connectivity index (χ4n) is 2.18. The topological polar surface area (TPSA) is 32.3 Å². The van der Waals surface area contributed by atoms with Crippen LogP contribution in [0.15, 0.2) is 24.3 Å². The van der Waals surface area contributed by atoms with Crippen LogP contribution in [-0.4, -0.2) is 24.9 Å². The molecule has 3 nitrogen and oxygen atoms in total. The van der Waals surface area contributed by atoms with Crippen molar-refractivity contribution < 1.29 is 4.79 Å². The number of nitrogens with zero attached hydrogens (tertiary/aromatic N) is 1. The van der Waals surface area contributed by atoms with Crippen molar-refractivity contribution in [3.8, 4) is 0 Å². The summed E-state index contributed by atoms with van der Waals surface area (Å²) in [5.41, 5.74) is 2.10. The third-order valence-electron chi connectivity index (χ3n) is 3.16. The summed E-state index contributed by atoms with van der Waals surface area (Å²) in [5, 5.41) is 2.88. The lowest BCUT2D eigenvalue weighted by Gasteiger charge is -2.17. The molecule has 0 spiro atoms. The van der Waals surface area contributed by atoms with E-state index in [0.717, 1.165) is 25.2 Å². The van der Waals surface area contributed by atoms with Crippen molar-refractivity contribution in [3.63, 3.8) is 0 Å². The summed E-state index contributed by atoms with van der Waals surface area (Å²) in [7, 11) is 0. The van der Waals surface area contributed by atoms with Crippen LogP contribution in [0.5, 0.6) is 0 Å². The summed E-state index contributed by atoms with van der Waals surface area (Å²) in [5.74, 6) is 0.561. The SMILES string of the molecule is O=C(CCCCl)Nc1ccc(N2CCCC2)cc1. The highest BCUT2D eigenvalue weighted by molar-refractivity contribution is 6.18. The monoisotopic (exact) mass is 266 g/mol. The average Bonchev–Trinajstić information content (AvgIpc) is 2.91. The number of benzene rings is 1. The Bertz CT molecular complexity index is 385. The molecular formula is C14H19ClN2O. The van der Waals surface area contributed by atoms with Crippen LogP contribution in [0.2, 0.25) is 0 Å². The number of rotatable bonds is 5. The van der Waals surface area contributed by atoms with E-state index >= 15 is 0 Å². The van der Waals surface area contributed by atoms with Crippen molar-refractivity contribution in [1.29, 1.82) is 0 Å². The number of alkyl halides is 1. The molecule has 0 aliphatic carbocycles. The van der Waals surface area contributed by atoms with Gasteiger partial charge < -0.3 is 10.2 Å². The van der Waals surface area contributed by atoms with Crippen LogP contribution in [0.4, 0.5) is 11.4 Å². The number of amides is 1. The molecule has 1 heterocycles. The molecule has 0 saturated carbocycles. The van der Waals surface area contributed by atoms with Gasteiger partial charge in [0, 0.05) is 36.8 Å². The van der Waals surface area contributed by atoms with E-state index in [1.807, 2.05) is 12.1 Å². The van der Waals surface area contributed by atoms with Crippen LogP contribution in [0, 0.1) is 0 Å². The second kappa shape index (κ2) is 6.64. The van der Waals surface area contributed by atoms with Gasteiger partial charge in [0.25, 0.3) is 0 Å². The maximum absolute atomic E-state index is 11.5. The number of hydrogen-bond acceptors (Lipinski definition) is 2. The minimum Gasteiger partial charge on any atom is -0.372 e. The molecule has 0 aromatic heterocycles. The number of halogens is 1. The van der Waals surface area contributed by atoms with Gasteiger partial charge in [0.2, 0.25) is 5.91 Å². The van der Waals surface area contributed by atoms with E-state index in [4.69, 9.17) is 11.6 Å². The van der Waals surface area contributed by atoms with Gasteiger partial charge in [-0.15, -0.1) is 11.6 Å². The number of anilines is 2. The molecule has 1 aromatic rings. The van der Waals surface area contributed by atoms with Crippen LogP contribution in [0.1, 0.15) is 25.7 Å². The second-order valence-electron chi connectivity index (χ2n) is 4.58. The van der Waals surface area contributed by atoms with Crippen molar-refractivity contribution >= 4 is 28.9 Å². The molecule has 98 valence electrons. The largest absolute Gasteiger partial charge is 0.372 e. The molecule has 0 unspecified atom stereocenters. The standard InChI is InChI=1S/C14H19ClN2O/c15-9-3-4-14(18)16-12-5-7-13(8-6-12)17-10-1-2-11-17/h5-8H,1-4,9-11H2,(H,16,18). The van der Waals surface area contributed by atoms with Gasteiger partial charge in [-0.25, -0.2) is 0 Å². The number of hydrogen-bond donors (Lipinski definition) is 1. The van der Waals surface area contributed by atoms with Crippen LogP contribution in [0.25, 0.3) is 0 Å². The molecule has 1 aromatic carbocycles. The lowest BCUT2D eigenvalue weighted by Crippen LogP contribution is -2.17. The summed E-state index contributed by atoms with van der Waals surface area (Å²) < 4.78 is 0. The molecular weight excluding hydrogens is 248 g/mol. The highest BCUT2D eigenvalue weighted by Crippen LogP contribution is 2.22. The van der Waals surface area contributed by atoms with E-state index in [2.05, 4.69) is 22.3 Å². The molecule has 4 heteroatoms. The van der Waals surface area contributed by atoms with Gasteiger partial charge in [-0.05, 0) is 43.5 Å². The first-order chi connectivity index (χ1) is 8.79. The predicted octanol–water partition coefficient (Wildman–Crippen LogP) is 3.24. The van der Waals surface area contributed by atoms with Gasteiger partial charge in [-0.3, -0.25) is 4.79 Å². The third kappa shape index (κ3) is 3.64. The van der Waals surface area contributed by atoms with E-state index < -0.39 is 0 Å². The van der Waals surface area contributed by atoms with Crippen LogP contribution >= 0.6 is 11.6 Å². The minimum absolute atomic E-state index is 0.0320. The minimum atomic E-state index is 0.0320. The van der Waals surface area contributed by atoms with Crippen LogP contribution in [0.3, 0.4) is 0 Å². The highest BCUT2D eigenvalue weighted by Gasteiger charge is 2.11. The van der Waals surface area contributed by atoms with Gasteiger partial charge in [0.15, 0.2) is 0 Å². The molecule has 18 heavy (non-hydrogen) atoms. The second-order valence-corrected chi connectivity index (χ2v) is 4.96. The molecule has 2 rings (SSSR count). The number of carbonyl (C=O) groups is 1. The molecule has 1 aliphatic heterocycles. The molecule has 0 bridgehead atoms. The first kappa shape index (κ1) is 13.2.